The summed E-state index contributed by atoms with van der Waals surface area (Å²) in [4.78, 5) is 28.7. The van der Waals surface area contributed by atoms with E-state index in [0.29, 0.717) is 24.4 Å². The highest BCUT2D eigenvalue weighted by Crippen LogP contribution is 2.26. The molecule has 2 N–H and O–H groups in total. The van der Waals surface area contributed by atoms with E-state index in [-0.39, 0.29) is 23.8 Å². The molecule has 1 aliphatic heterocycles. The smallest absolute Gasteiger partial charge is 0.260 e. The van der Waals surface area contributed by atoms with Gasteiger partial charge in [0.2, 0.25) is 0 Å². The molecule has 6 nitrogen and oxygen atoms in total. The van der Waals surface area contributed by atoms with Gasteiger partial charge in [0.15, 0.2) is 6.61 Å². The lowest BCUT2D eigenvalue weighted by atomic mass is 9.93. The van der Waals surface area contributed by atoms with Gasteiger partial charge in [0.25, 0.3) is 11.8 Å². The van der Waals surface area contributed by atoms with Crippen LogP contribution < -0.4 is 10.5 Å². The van der Waals surface area contributed by atoms with E-state index in [1.165, 1.54) is 6.42 Å². The van der Waals surface area contributed by atoms with E-state index < -0.39 is 0 Å². The average molecular weight is 390 g/mol. The summed E-state index contributed by atoms with van der Waals surface area (Å²) in [7, 11) is 1.80. The highest BCUT2D eigenvalue weighted by atomic mass is 16.5. The number of piperidine rings is 1. The number of nitrogens with two attached hydrogens (primary N) is 1. The van der Waals surface area contributed by atoms with Crippen LogP contribution in [-0.4, -0.2) is 61.4 Å². The standard InChI is InChI=1S/C22H35N3O3/c1-16-11-18(21(27)24(5)15-22(3,4)14-23)12-17(2)20(16)28-13-19(26)25-9-7-6-8-10-25/h11-12H,6-10,13-15,23H2,1-5H3. The maximum atomic E-state index is 12.8. The number of likely N-dealkylation sites (tertiary alicyclic amines) is 1. The number of rotatable bonds is 7. The van der Waals surface area contributed by atoms with Crippen molar-refractivity contribution in [2.75, 3.05) is 39.8 Å². The molecule has 0 aliphatic carbocycles. The third-order valence-corrected chi connectivity index (χ3v) is 5.32. The SMILES string of the molecule is Cc1cc(C(=O)N(C)CC(C)(C)CN)cc(C)c1OCC(=O)N1CCCCC1. The molecule has 2 rings (SSSR count). The Morgan fingerprint density at radius 2 is 1.71 bits per heavy atom. The number of hydrogen-bond acceptors (Lipinski definition) is 4. The largest absolute Gasteiger partial charge is 0.483 e. The first-order chi connectivity index (χ1) is 13.1. The lowest BCUT2D eigenvalue weighted by Gasteiger charge is -2.29. The Balaban J connectivity index is 2.05. The normalized spacial score (nSPS) is 14.7. The second-order valence-electron chi connectivity index (χ2n) is 8.70. The minimum Gasteiger partial charge on any atom is -0.483 e. The van der Waals surface area contributed by atoms with Crippen LogP contribution in [-0.2, 0) is 4.79 Å². The third kappa shape index (κ3) is 5.71. The first-order valence-electron chi connectivity index (χ1n) is 10.1. The van der Waals surface area contributed by atoms with Crippen LogP contribution in [0.5, 0.6) is 5.75 Å². The Bertz CT molecular complexity index is 686. The fraction of sp³-hybridized carbons (Fsp3) is 0.636. The predicted octanol–water partition coefficient (Wildman–Crippen LogP) is 2.75. The second kappa shape index (κ2) is 9.41. The van der Waals surface area contributed by atoms with Crippen LogP contribution in [0.2, 0.25) is 0 Å². The van der Waals surface area contributed by atoms with Crippen LogP contribution in [0.15, 0.2) is 12.1 Å². The van der Waals surface area contributed by atoms with Crippen molar-refractivity contribution >= 4 is 11.8 Å². The van der Waals surface area contributed by atoms with Crippen molar-refractivity contribution < 1.29 is 14.3 Å². The minimum absolute atomic E-state index is 0.0300. The molecule has 156 valence electrons. The molecule has 0 saturated carbocycles. The quantitative estimate of drug-likeness (QED) is 0.778. The number of carbonyl (C=O) groups excluding carboxylic acids is 2. The van der Waals surface area contributed by atoms with E-state index in [2.05, 4.69) is 0 Å². The topological polar surface area (TPSA) is 75.9 Å². The van der Waals surface area contributed by atoms with Crippen molar-refractivity contribution in [1.82, 2.24) is 9.80 Å². The fourth-order valence-corrected chi connectivity index (χ4v) is 3.67. The summed E-state index contributed by atoms with van der Waals surface area (Å²) in [6.45, 7) is 10.7. The van der Waals surface area contributed by atoms with Gasteiger partial charge in [-0.3, -0.25) is 9.59 Å². The summed E-state index contributed by atoms with van der Waals surface area (Å²) in [6, 6.07) is 3.67. The summed E-state index contributed by atoms with van der Waals surface area (Å²) in [6.07, 6.45) is 3.32. The van der Waals surface area contributed by atoms with E-state index in [0.717, 1.165) is 37.1 Å². The van der Waals surface area contributed by atoms with Crippen molar-refractivity contribution in [1.29, 1.82) is 0 Å². The third-order valence-electron chi connectivity index (χ3n) is 5.32. The van der Waals surface area contributed by atoms with Gasteiger partial charge < -0.3 is 20.3 Å². The van der Waals surface area contributed by atoms with E-state index in [1.54, 1.807) is 11.9 Å². The Morgan fingerprint density at radius 3 is 2.25 bits per heavy atom. The lowest BCUT2D eigenvalue weighted by molar-refractivity contribution is -0.134. The average Bonchev–Trinajstić information content (AvgIpc) is 2.66. The first kappa shape index (κ1) is 22.2. The molecule has 0 unspecified atom stereocenters. The molecule has 0 bridgehead atoms. The zero-order valence-corrected chi connectivity index (χ0v) is 18.0. The molecule has 0 radical (unpaired) electrons. The molecule has 1 aromatic carbocycles. The summed E-state index contributed by atoms with van der Waals surface area (Å²) in [5.74, 6) is 0.679. The van der Waals surface area contributed by atoms with Crippen molar-refractivity contribution in [2.24, 2.45) is 11.1 Å². The molecule has 1 aliphatic rings. The first-order valence-corrected chi connectivity index (χ1v) is 10.1. The predicted molar refractivity (Wildman–Crippen MR) is 112 cm³/mol. The Hall–Kier alpha value is -2.08. The van der Waals surface area contributed by atoms with Crippen molar-refractivity contribution in [2.45, 2.75) is 47.0 Å². The summed E-state index contributed by atoms with van der Waals surface area (Å²) < 4.78 is 5.84. The molecular formula is C22H35N3O3. The van der Waals surface area contributed by atoms with Gasteiger partial charge >= 0.3 is 0 Å². The molecule has 0 aromatic heterocycles. The van der Waals surface area contributed by atoms with Gasteiger partial charge in [-0.2, -0.15) is 0 Å². The van der Waals surface area contributed by atoms with Crippen LogP contribution in [0.1, 0.15) is 54.6 Å². The van der Waals surface area contributed by atoms with Gasteiger partial charge in [-0.05, 0) is 68.3 Å². The van der Waals surface area contributed by atoms with Gasteiger partial charge in [-0.1, -0.05) is 13.8 Å². The monoisotopic (exact) mass is 389 g/mol. The molecule has 28 heavy (non-hydrogen) atoms. The molecule has 1 aromatic rings. The number of nitrogens with zero attached hydrogens (tertiary/aromatic N) is 2. The molecule has 6 heteroatoms. The lowest BCUT2D eigenvalue weighted by Crippen LogP contribution is -2.39. The van der Waals surface area contributed by atoms with E-state index >= 15 is 0 Å². The number of amides is 2. The highest BCUT2D eigenvalue weighted by Gasteiger charge is 2.23. The van der Waals surface area contributed by atoms with Crippen LogP contribution in [0.25, 0.3) is 0 Å². The Labute approximate surface area is 169 Å². The molecular weight excluding hydrogens is 354 g/mol. The molecule has 1 fully saturated rings. The summed E-state index contributed by atoms with van der Waals surface area (Å²) in [5.41, 5.74) is 8.00. The van der Waals surface area contributed by atoms with E-state index in [1.807, 2.05) is 44.7 Å². The maximum absolute atomic E-state index is 12.8. The van der Waals surface area contributed by atoms with Gasteiger partial charge in [-0.15, -0.1) is 0 Å². The molecule has 2 amide bonds. The van der Waals surface area contributed by atoms with Gasteiger partial charge in [-0.25, -0.2) is 0 Å². The molecule has 0 atom stereocenters. The maximum Gasteiger partial charge on any atom is 0.260 e. The van der Waals surface area contributed by atoms with E-state index in [4.69, 9.17) is 10.5 Å². The number of aryl methyl sites for hydroxylation is 2. The second-order valence-corrected chi connectivity index (χ2v) is 8.70. The van der Waals surface area contributed by atoms with Crippen molar-refractivity contribution in [3.8, 4) is 5.75 Å². The van der Waals surface area contributed by atoms with Gasteiger partial charge in [0, 0.05) is 32.2 Å². The van der Waals surface area contributed by atoms with Gasteiger partial charge in [0.05, 0.1) is 0 Å². The Kier molecular flexibility index (Phi) is 7.47. The molecule has 1 saturated heterocycles. The van der Waals surface area contributed by atoms with Crippen molar-refractivity contribution in [3.63, 3.8) is 0 Å². The van der Waals surface area contributed by atoms with Crippen LogP contribution >= 0.6 is 0 Å². The highest BCUT2D eigenvalue weighted by molar-refractivity contribution is 5.94. The van der Waals surface area contributed by atoms with Crippen molar-refractivity contribution in [3.05, 3.63) is 28.8 Å². The fourth-order valence-electron chi connectivity index (χ4n) is 3.67. The molecule has 0 spiro atoms. The van der Waals surface area contributed by atoms with Crippen LogP contribution in [0.4, 0.5) is 0 Å². The zero-order valence-electron chi connectivity index (χ0n) is 18.0. The van der Waals surface area contributed by atoms with E-state index in [9.17, 15) is 9.59 Å². The molecule has 1 heterocycles. The summed E-state index contributed by atoms with van der Waals surface area (Å²) >= 11 is 0. The number of carbonyl (C=O) groups is 2. The minimum atomic E-state index is -0.133. The van der Waals surface area contributed by atoms with Gasteiger partial charge in [0.1, 0.15) is 5.75 Å². The van der Waals surface area contributed by atoms with Crippen LogP contribution in [0, 0.1) is 19.3 Å². The Morgan fingerprint density at radius 1 is 1.14 bits per heavy atom. The number of benzene rings is 1. The number of hydrogen-bond donors (Lipinski definition) is 1. The van der Waals surface area contributed by atoms with Crippen LogP contribution in [0.3, 0.4) is 0 Å². The number of ether oxygens (including phenoxy) is 1. The zero-order chi connectivity index (χ0) is 20.9. The summed E-state index contributed by atoms with van der Waals surface area (Å²) in [5, 5.41) is 0.